The highest BCUT2D eigenvalue weighted by Gasteiger charge is 2.33. The molecular weight excluding hydrogens is 553 g/mol. The molecule has 220 valence electrons. The van der Waals surface area contributed by atoms with Crippen LogP contribution >= 0.6 is 0 Å². The average Bonchev–Trinajstić information content (AvgIpc) is 3.44. The number of anilines is 1. The van der Waals surface area contributed by atoms with Gasteiger partial charge in [-0.25, -0.2) is 9.07 Å². The van der Waals surface area contributed by atoms with Gasteiger partial charge < -0.3 is 24.4 Å². The zero-order valence-electron chi connectivity index (χ0n) is 23.9. The molecule has 1 heterocycles. The summed E-state index contributed by atoms with van der Waals surface area (Å²) < 4.78 is 31.5. The number of methoxy groups -OCH3 is 3. The summed E-state index contributed by atoms with van der Waals surface area (Å²) in [5, 5.41) is 11.2. The molecule has 11 heteroatoms. The first-order valence-electron chi connectivity index (χ1n) is 13.4. The Morgan fingerprint density at radius 3 is 2.37 bits per heavy atom. The molecule has 1 N–H and O–H groups in total. The largest absolute Gasteiger partial charge is 0.497 e. The maximum Gasteiger partial charge on any atom is 0.251 e. The molecule has 4 aromatic carbocycles. The number of para-hydroxylation sites is 1. The van der Waals surface area contributed by atoms with Crippen LogP contribution in [0, 0.1) is 5.82 Å². The number of benzene rings is 4. The number of rotatable bonds is 11. The van der Waals surface area contributed by atoms with Gasteiger partial charge in [-0.15, -0.1) is 5.10 Å². The fraction of sp³-hybridized carbons (Fsp3) is 0.188. The number of carbonyl (C=O) groups excluding carboxylic acids is 2. The predicted molar refractivity (Wildman–Crippen MR) is 158 cm³/mol. The summed E-state index contributed by atoms with van der Waals surface area (Å²) in [5.41, 5.74) is 2.82. The number of fused-ring (bicyclic) bond motifs is 1. The second-order valence-electron chi connectivity index (χ2n) is 9.62. The van der Waals surface area contributed by atoms with Crippen LogP contribution in [0.4, 0.5) is 10.1 Å². The van der Waals surface area contributed by atoms with E-state index in [1.54, 1.807) is 60.7 Å². The third-order valence-corrected chi connectivity index (χ3v) is 6.93. The van der Waals surface area contributed by atoms with Gasteiger partial charge in [0.05, 0.1) is 32.5 Å². The topological polar surface area (TPSA) is 108 Å². The number of hydrogen-bond donors (Lipinski definition) is 1. The van der Waals surface area contributed by atoms with E-state index in [9.17, 15) is 14.0 Å². The number of halogens is 1. The van der Waals surface area contributed by atoms with Gasteiger partial charge >= 0.3 is 0 Å². The molecule has 0 bridgehead atoms. The number of aromatic nitrogens is 3. The van der Waals surface area contributed by atoms with Crippen LogP contribution in [0.3, 0.4) is 0 Å². The number of nitrogens with zero attached hydrogens (tertiary/aromatic N) is 4. The second-order valence-corrected chi connectivity index (χ2v) is 9.62. The molecule has 10 nitrogen and oxygen atoms in total. The standard InChI is InChI=1S/C32H30FN5O5/c1-41-24-8-6-7-22(17-24)31(32(40)34-27-16-15-25(42-2)18-29(27)43-3)37(19-21-11-13-23(33)14-12-21)30(39)20-38-28-10-5-4-9-26(28)35-36-38/h4-18,31H,19-20H2,1-3H3,(H,34,40). The van der Waals surface area contributed by atoms with Crippen LogP contribution in [0.25, 0.3) is 11.0 Å². The molecule has 0 saturated carbocycles. The van der Waals surface area contributed by atoms with Crippen molar-refractivity contribution in [3.63, 3.8) is 0 Å². The molecule has 0 radical (unpaired) electrons. The molecule has 1 atom stereocenters. The fourth-order valence-electron chi connectivity index (χ4n) is 4.75. The van der Waals surface area contributed by atoms with Crippen molar-refractivity contribution in [2.45, 2.75) is 19.1 Å². The van der Waals surface area contributed by atoms with Crippen molar-refractivity contribution in [3.8, 4) is 17.2 Å². The molecule has 0 aliphatic rings. The minimum Gasteiger partial charge on any atom is -0.497 e. The minimum absolute atomic E-state index is 0.000781. The lowest BCUT2D eigenvalue weighted by Crippen LogP contribution is -2.42. The Bertz CT molecular complexity index is 1740. The molecule has 5 rings (SSSR count). The predicted octanol–water partition coefficient (Wildman–Crippen LogP) is 5.01. The normalized spacial score (nSPS) is 11.5. The van der Waals surface area contributed by atoms with Crippen LogP contribution in [0.1, 0.15) is 17.2 Å². The van der Waals surface area contributed by atoms with Crippen LogP contribution in [-0.2, 0) is 22.7 Å². The number of hydrogen-bond acceptors (Lipinski definition) is 7. The smallest absolute Gasteiger partial charge is 0.251 e. The van der Waals surface area contributed by atoms with E-state index in [0.717, 1.165) is 0 Å². The van der Waals surface area contributed by atoms with E-state index in [0.29, 0.717) is 45.1 Å². The summed E-state index contributed by atoms with van der Waals surface area (Å²) in [6, 6.07) is 23.9. The van der Waals surface area contributed by atoms with Gasteiger partial charge in [0.25, 0.3) is 5.91 Å². The van der Waals surface area contributed by atoms with Gasteiger partial charge in [-0.3, -0.25) is 9.59 Å². The molecule has 5 aromatic rings. The summed E-state index contributed by atoms with van der Waals surface area (Å²) in [6.45, 7) is -0.192. The van der Waals surface area contributed by atoms with Crippen molar-refractivity contribution in [3.05, 3.63) is 108 Å². The fourth-order valence-corrected chi connectivity index (χ4v) is 4.75. The Hall–Kier alpha value is -5.45. The summed E-state index contributed by atoms with van der Waals surface area (Å²) in [4.78, 5) is 29.8. The lowest BCUT2D eigenvalue weighted by molar-refractivity contribution is -0.140. The second kappa shape index (κ2) is 13.0. The molecular formula is C32H30FN5O5. The summed E-state index contributed by atoms with van der Waals surface area (Å²) >= 11 is 0. The number of amides is 2. The van der Waals surface area contributed by atoms with E-state index in [2.05, 4.69) is 15.6 Å². The van der Waals surface area contributed by atoms with Gasteiger partial charge in [0.15, 0.2) is 0 Å². The average molecular weight is 584 g/mol. The summed E-state index contributed by atoms with van der Waals surface area (Å²) in [5.74, 6) is 0.105. The molecule has 0 spiro atoms. The first-order valence-corrected chi connectivity index (χ1v) is 13.4. The van der Waals surface area contributed by atoms with Gasteiger partial charge in [-0.2, -0.15) is 0 Å². The van der Waals surface area contributed by atoms with Crippen molar-refractivity contribution < 1.29 is 28.2 Å². The highest BCUT2D eigenvalue weighted by Crippen LogP contribution is 2.33. The SMILES string of the molecule is COc1cccc(C(C(=O)Nc2ccc(OC)cc2OC)N(Cc2ccc(F)cc2)C(=O)Cn2nnc3ccccc32)c1. The van der Waals surface area contributed by atoms with Gasteiger partial charge in [-0.1, -0.05) is 41.6 Å². The van der Waals surface area contributed by atoms with E-state index >= 15 is 0 Å². The van der Waals surface area contributed by atoms with Crippen molar-refractivity contribution in [2.75, 3.05) is 26.6 Å². The number of carbonyl (C=O) groups is 2. The van der Waals surface area contributed by atoms with E-state index in [4.69, 9.17) is 14.2 Å². The Morgan fingerprint density at radius 2 is 1.63 bits per heavy atom. The van der Waals surface area contributed by atoms with Crippen LogP contribution in [0.15, 0.2) is 91.0 Å². The number of nitrogens with one attached hydrogen (secondary N) is 1. The zero-order valence-corrected chi connectivity index (χ0v) is 23.9. The highest BCUT2D eigenvalue weighted by molar-refractivity contribution is 5.99. The van der Waals surface area contributed by atoms with Crippen molar-refractivity contribution >= 4 is 28.5 Å². The summed E-state index contributed by atoms with van der Waals surface area (Å²) in [6.07, 6.45) is 0. The minimum atomic E-state index is -1.13. The molecule has 43 heavy (non-hydrogen) atoms. The lowest BCUT2D eigenvalue weighted by atomic mass is 10.0. The lowest BCUT2D eigenvalue weighted by Gasteiger charge is -2.32. The first-order chi connectivity index (χ1) is 20.9. The highest BCUT2D eigenvalue weighted by atomic mass is 19.1. The Labute approximate surface area is 247 Å². The van der Waals surface area contributed by atoms with E-state index in [1.165, 1.54) is 43.0 Å². The molecule has 2 amide bonds. The van der Waals surface area contributed by atoms with E-state index < -0.39 is 23.7 Å². The van der Waals surface area contributed by atoms with Crippen LogP contribution in [0.5, 0.6) is 17.2 Å². The van der Waals surface area contributed by atoms with Gasteiger partial charge in [0.1, 0.15) is 41.2 Å². The Kier molecular flexibility index (Phi) is 8.80. The molecule has 0 aliphatic heterocycles. The van der Waals surface area contributed by atoms with Crippen LogP contribution < -0.4 is 19.5 Å². The van der Waals surface area contributed by atoms with Crippen molar-refractivity contribution in [1.29, 1.82) is 0 Å². The molecule has 0 fully saturated rings. The third-order valence-electron chi connectivity index (χ3n) is 6.93. The van der Waals surface area contributed by atoms with Crippen molar-refractivity contribution in [2.24, 2.45) is 0 Å². The van der Waals surface area contributed by atoms with Crippen molar-refractivity contribution in [1.82, 2.24) is 19.9 Å². The Balaban J connectivity index is 1.58. The van der Waals surface area contributed by atoms with Crippen LogP contribution in [0.2, 0.25) is 0 Å². The first kappa shape index (κ1) is 29.1. The molecule has 1 aromatic heterocycles. The monoisotopic (exact) mass is 583 g/mol. The number of ether oxygens (including phenoxy) is 3. The molecule has 0 saturated heterocycles. The Morgan fingerprint density at radius 1 is 0.884 bits per heavy atom. The van der Waals surface area contributed by atoms with Gasteiger partial charge in [0, 0.05) is 12.6 Å². The quantitative estimate of drug-likeness (QED) is 0.233. The molecule has 1 unspecified atom stereocenters. The molecule has 0 aliphatic carbocycles. The van der Waals surface area contributed by atoms with E-state index in [-0.39, 0.29) is 13.1 Å². The van der Waals surface area contributed by atoms with Gasteiger partial charge in [0.2, 0.25) is 5.91 Å². The third kappa shape index (κ3) is 6.56. The summed E-state index contributed by atoms with van der Waals surface area (Å²) in [7, 11) is 4.54. The van der Waals surface area contributed by atoms with Crippen LogP contribution in [-0.4, -0.2) is 53.0 Å². The van der Waals surface area contributed by atoms with Gasteiger partial charge in [-0.05, 0) is 59.7 Å². The zero-order chi connectivity index (χ0) is 30.3. The maximum absolute atomic E-state index is 14.2. The maximum atomic E-state index is 14.2. The van der Waals surface area contributed by atoms with E-state index in [1.807, 2.05) is 18.2 Å².